The Labute approximate surface area is 45.4 Å². The zero-order valence-electron chi connectivity index (χ0n) is 3.96. The molecule has 8 heavy (non-hydrogen) atoms. The van der Waals surface area contributed by atoms with Gasteiger partial charge in [-0.1, -0.05) is 0 Å². The predicted octanol–water partition coefficient (Wildman–Crippen LogP) is 0.573. The van der Waals surface area contributed by atoms with Crippen LogP contribution in [0.5, 0.6) is 5.88 Å². The van der Waals surface area contributed by atoms with Gasteiger partial charge in [0.1, 0.15) is 0 Å². The predicted molar refractivity (Wildman–Crippen MR) is 25.0 cm³/mol. The van der Waals surface area contributed by atoms with Crippen LogP contribution in [0.1, 0.15) is 0 Å². The Morgan fingerprint density at radius 3 is 2.75 bits per heavy atom. The number of rotatable bonds is 0. The number of hydrogen-bond donors (Lipinski definition) is 1. The van der Waals surface area contributed by atoms with Crippen molar-refractivity contribution in [2.24, 2.45) is 0 Å². The van der Waals surface area contributed by atoms with Crippen molar-refractivity contribution in [3.05, 3.63) is 17.2 Å². The van der Waals surface area contributed by atoms with Crippen LogP contribution in [-0.2, 0) is 0 Å². The normalized spacial score (nSPS) is 8.38. The molecule has 0 saturated carbocycles. The maximum Gasteiger partial charge on any atom is 0.394 e. The monoisotopic (exact) mass is 109 g/mol. The molecule has 40 valence electrons. The van der Waals surface area contributed by atoms with Crippen molar-refractivity contribution in [1.82, 2.24) is 4.98 Å². The molecule has 1 aromatic rings. The topological polar surface area (TPSA) is 67.0 Å². The Balaban J connectivity index is 3.15. The summed E-state index contributed by atoms with van der Waals surface area (Å²) in [5, 5.41) is 18.4. The lowest BCUT2D eigenvalue weighted by atomic mass is 10.5. The van der Waals surface area contributed by atoms with Crippen molar-refractivity contribution in [3.8, 4) is 5.88 Å². The molecule has 0 unspecified atom stereocenters. The molecule has 0 aliphatic carbocycles. The highest BCUT2D eigenvalue weighted by molar-refractivity contribution is 5.51. The quantitative estimate of drug-likeness (QED) is 0.495. The summed E-state index contributed by atoms with van der Waals surface area (Å²) in [4.78, 5) is 5.00. The number of hydrogen-bond acceptors (Lipinski definition) is 2. The highest BCUT2D eigenvalue weighted by Gasteiger charge is 2.03. The van der Waals surface area contributed by atoms with Gasteiger partial charge in [0.2, 0.25) is 5.39 Å². The van der Waals surface area contributed by atoms with Crippen LogP contribution in [0.15, 0.2) is 12.3 Å². The van der Waals surface area contributed by atoms with Gasteiger partial charge in [-0.05, 0) is 0 Å². The first-order valence-corrected chi connectivity index (χ1v) is 2.04. The molecule has 0 fully saturated rings. The summed E-state index contributed by atoms with van der Waals surface area (Å²) >= 11 is 0. The van der Waals surface area contributed by atoms with Crippen LogP contribution in [0, 0.1) is 5.39 Å². The van der Waals surface area contributed by atoms with Crippen LogP contribution in [0.25, 0.3) is 4.98 Å². The lowest BCUT2D eigenvalue weighted by molar-refractivity contribution is -0.272. The lowest BCUT2D eigenvalue weighted by Gasteiger charge is -1.88. The van der Waals surface area contributed by atoms with E-state index in [0.29, 0.717) is 0 Å². The fourth-order valence-corrected chi connectivity index (χ4v) is 0.425. The Hall–Kier alpha value is -1.50. The maximum absolute atomic E-state index is 10.3. The number of nitrogens with zero attached hydrogens (tertiary/aromatic N) is 2. The van der Waals surface area contributed by atoms with E-state index in [0.717, 1.165) is 0 Å². The van der Waals surface area contributed by atoms with Gasteiger partial charge in [0.05, 0.1) is 11.9 Å². The summed E-state index contributed by atoms with van der Waals surface area (Å²) in [7, 11) is 0. The standard InChI is InChI=1S/C4H3N3O/c5-7-3-1-2-6-4(3)8/h1-2,5H. The minimum Gasteiger partial charge on any atom is -0.855 e. The molecular formula is C4H3N3O. The third-order valence-electron chi connectivity index (χ3n) is 0.796. The number of nitrogens with one attached hydrogen (secondary N) is 1. The average Bonchev–Trinajstić information content (AvgIpc) is 2.14. The summed E-state index contributed by atoms with van der Waals surface area (Å²) < 4.78 is 0. The molecule has 1 aromatic heterocycles. The first-order valence-electron chi connectivity index (χ1n) is 2.04. The minimum atomic E-state index is -0.368. The molecule has 4 heteroatoms. The molecule has 0 spiro atoms. The highest BCUT2D eigenvalue weighted by Crippen LogP contribution is 2.19. The molecule has 1 rings (SSSR count). The van der Waals surface area contributed by atoms with Crippen LogP contribution in [0.2, 0.25) is 0 Å². The van der Waals surface area contributed by atoms with Crippen LogP contribution in [0.4, 0.5) is 5.69 Å². The van der Waals surface area contributed by atoms with E-state index in [2.05, 4.69) is 9.96 Å². The Bertz CT molecular complexity index is 221. The molecular weight excluding hydrogens is 106 g/mol. The van der Waals surface area contributed by atoms with E-state index in [1.54, 1.807) is 0 Å². The first-order chi connectivity index (χ1) is 3.84. The van der Waals surface area contributed by atoms with E-state index in [4.69, 9.17) is 5.39 Å². The molecule has 1 N–H and O–H groups in total. The van der Waals surface area contributed by atoms with E-state index in [-0.39, 0.29) is 11.6 Å². The minimum absolute atomic E-state index is 0.0463. The Morgan fingerprint density at radius 1 is 1.75 bits per heavy atom. The number of diazo groups is 1. The summed E-state index contributed by atoms with van der Waals surface area (Å²) in [5.41, 5.74) is 0.0463. The number of aromatic nitrogens is 1. The summed E-state index contributed by atoms with van der Waals surface area (Å²) in [6, 6.07) is 1.39. The zero-order valence-corrected chi connectivity index (χ0v) is 3.96. The SMILES string of the molecule is N#[N+]c1cc[nH]c1[O-]. The molecule has 0 aromatic carbocycles. The second-order valence-corrected chi connectivity index (χ2v) is 1.29. The molecule has 0 radical (unpaired) electrons. The fourth-order valence-electron chi connectivity index (χ4n) is 0.425. The Morgan fingerprint density at radius 2 is 2.50 bits per heavy atom. The van der Waals surface area contributed by atoms with Gasteiger partial charge in [0.15, 0.2) is 4.98 Å². The van der Waals surface area contributed by atoms with Crippen molar-refractivity contribution >= 4 is 5.69 Å². The van der Waals surface area contributed by atoms with E-state index >= 15 is 0 Å². The maximum atomic E-state index is 10.3. The van der Waals surface area contributed by atoms with Crippen molar-refractivity contribution in [1.29, 1.82) is 5.39 Å². The number of aromatic amines is 1. The van der Waals surface area contributed by atoms with Crippen molar-refractivity contribution in [2.45, 2.75) is 0 Å². The van der Waals surface area contributed by atoms with Crippen molar-refractivity contribution in [3.63, 3.8) is 0 Å². The van der Waals surface area contributed by atoms with Crippen molar-refractivity contribution in [2.75, 3.05) is 0 Å². The largest absolute Gasteiger partial charge is 0.855 e. The molecule has 0 aliphatic heterocycles. The second kappa shape index (κ2) is 1.54. The van der Waals surface area contributed by atoms with Crippen LogP contribution < -0.4 is 5.11 Å². The lowest BCUT2D eigenvalue weighted by Crippen LogP contribution is -1.87. The summed E-state index contributed by atoms with van der Waals surface area (Å²) in [6.07, 6.45) is 1.41. The summed E-state index contributed by atoms with van der Waals surface area (Å²) in [5.74, 6) is -0.368. The van der Waals surface area contributed by atoms with Gasteiger partial charge in [-0.3, -0.25) is 0 Å². The molecule has 4 nitrogen and oxygen atoms in total. The van der Waals surface area contributed by atoms with Crippen LogP contribution >= 0.6 is 0 Å². The van der Waals surface area contributed by atoms with E-state index in [1.165, 1.54) is 12.3 Å². The van der Waals surface area contributed by atoms with Gasteiger partial charge in [-0.15, -0.1) is 0 Å². The van der Waals surface area contributed by atoms with E-state index in [1.807, 2.05) is 0 Å². The molecule has 0 aliphatic rings. The van der Waals surface area contributed by atoms with E-state index < -0.39 is 0 Å². The molecule has 0 atom stereocenters. The first kappa shape index (κ1) is 4.65. The fraction of sp³-hybridized carbons (Fsp3) is 0. The smallest absolute Gasteiger partial charge is 0.394 e. The molecule has 1 heterocycles. The third kappa shape index (κ3) is 0.500. The number of H-pyrrole nitrogens is 1. The summed E-state index contributed by atoms with van der Waals surface area (Å²) in [6.45, 7) is 0. The van der Waals surface area contributed by atoms with Gasteiger partial charge in [-0.25, -0.2) is 0 Å². The van der Waals surface area contributed by atoms with Gasteiger partial charge < -0.3 is 10.1 Å². The zero-order chi connectivity index (χ0) is 5.98. The van der Waals surface area contributed by atoms with Crippen molar-refractivity contribution < 1.29 is 5.11 Å². The highest BCUT2D eigenvalue weighted by atomic mass is 16.3. The van der Waals surface area contributed by atoms with Gasteiger partial charge in [0.25, 0.3) is 0 Å². The molecule has 0 saturated heterocycles. The van der Waals surface area contributed by atoms with Gasteiger partial charge >= 0.3 is 5.69 Å². The van der Waals surface area contributed by atoms with Crippen LogP contribution in [-0.4, -0.2) is 4.98 Å². The van der Waals surface area contributed by atoms with Crippen LogP contribution in [0.3, 0.4) is 0 Å². The Kier molecular flexibility index (Phi) is 0.897. The molecule has 0 amide bonds. The average molecular weight is 109 g/mol. The second-order valence-electron chi connectivity index (χ2n) is 1.29. The van der Waals surface area contributed by atoms with Gasteiger partial charge in [-0.2, -0.15) is 0 Å². The third-order valence-corrected chi connectivity index (χ3v) is 0.796. The van der Waals surface area contributed by atoms with Gasteiger partial charge in [0, 0.05) is 6.20 Å². The van der Waals surface area contributed by atoms with E-state index in [9.17, 15) is 5.11 Å². The molecule has 0 bridgehead atoms.